The van der Waals surface area contributed by atoms with Gasteiger partial charge >= 0.3 is 0 Å². The number of carbonyl (C=O) groups is 3. The number of rotatable bonds is 6. The van der Waals surface area contributed by atoms with E-state index in [0.717, 1.165) is 23.1 Å². The Morgan fingerprint density at radius 3 is 2.61 bits per heavy atom. The Morgan fingerprint density at radius 1 is 1.18 bits per heavy atom. The van der Waals surface area contributed by atoms with Crippen LogP contribution in [0.5, 0.6) is 5.75 Å². The molecule has 5 rings (SSSR count). The summed E-state index contributed by atoms with van der Waals surface area (Å²) >= 11 is 1.44. The van der Waals surface area contributed by atoms with E-state index in [4.69, 9.17) is 14.5 Å². The first kappa shape index (κ1) is 21.5. The molecule has 0 radical (unpaired) electrons. The molecule has 33 heavy (non-hydrogen) atoms. The summed E-state index contributed by atoms with van der Waals surface area (Å²) in [5, 5.41) is 0.590. The predicted octanol–water partition coefficient (Wildman–Crippen LogP) is 3.78. The van der Waals surface area contributed by atoms with Crippen LogP contribution < -0.4 is 14.5 Å². The van der Waals surface area contributed by atoms with Gasteiger partial charge in [-0.3, -0.25) is 24.2 Å². The van der Waals surface area contributed by atoms with E-state index in [1.807, 2.05) is 18.2 Å². The Kier molecular flexibility index (Phi) is 5.82. The monoisotopic (exact) mass is 465 g/mol. The fourth-order valence-corrected chi connectivity index (χ4v) is 5.10. The Balaban J connectivity index is 1.45. The number of hydrogen-bond donors (Lipinski definition) is 0. The summed E-state index contributed by atoms with van der Waals surface area (Å²) in [7, 11) is 1.61. The molecular weight excluding hydrogens is 442 g/mol. The van der Waals surface area contributed by atoms with Crippen LogP contribution in [0.1, 0.15) is 36.0 Å². The lowest BCUT2D eigenvalue weighted by Crippen LogP contribution is -2.37. The molecule has 1 unspecified atom stereocenters. The van der Waals surface area contributed by atoms with Gasteiger partial charge in [-0.05, 0) is 49.2 Å². The maximum atomic E-state index is 13.6. The van der Waals surface area contributed by atoms with Crippen LogP contribution in [0, 0.1) is 0 Å². The van der Waals surface area contributed by atoms with Crippen molar-refractivity contribution in [1.82, 2.24) is 4.98 Å². The minimum atomic E-state index is -0.219. The molecule has 2 saturated heterocycles. The number of thiazole rings is 1. The third-order valence-corrected chi connectivity index (χ3v) is 6.95. The zero-order chi connectivity index (χ0) is 22.9. The molecule has 8 nitrogen and oxygen atoms in total. The van der Waals surface area contributed by atoms with E-state index in [2.05, 4.69) is 0 Å². The van der Waals surface area contributed by atoms with Crippen molar-refractivity contribution in [3.63, 3.8) is 0 Å². The number of carbonyl (C=O) groups excluding carboxylic acids is 3. The number of methoxy groups -OCH3 is 1. The first-order valence-corrected chi connectivity index (χ1v) is 11.7. The van der Waals surface area contributed by atoms with E-state index >= 15 is 0 Å². The Hall–Kier alpha value is -3.30. The smallest absolute Gasteiger partial charge is 0.260 e. The van der Waals surface area contributed by atoms with Crippen LogP contribution in [0.15, 0.2) is 42.5 Å². The van der Waals surface area contributed by atoms with Crippen LogP contribution in [-0.2, 0) is 14.3 Å². The molecule has 1 atom stereocenters. The molecule has 3 aromatic rings. The molecule has 2 fully saturated rings. The SMILES string of the molecule is COc1ccc2sc(N(CC3CCCO3)C(=O)c3ccc(N4C(=O)CCC4=O)cc3)nc2c1. The summed E-state index contributed by atoms with van der Waals surface area (Å²) in [5.41, 5.74) is 1.70. The summed E-state index contributed by atoms with van der Waals surface area (Å²) in [4.78, 5) is 45.1. The van der Waals surface area contributed by atoms with Gasteiger partial charge in [0.2, 0.25) is 11.8 Å². The van der Waals surface area contributed by atoms with E-state index in [1.165, 1.54) is 16.2 Å². The fraction of sp³-hybridized carbons (Fsp3) is 0.333. The number of amides is 3. The molecule has 0 bridgehead atoms. The molecule has 2 aromatic carbocycles. The molecule has 3 heterocycles. The third-order valence-electron chi connectivity index (χ3n) is 5.89. The average molecular weight is 466 g/mol. The molecule has 0 spiro atoms. The first-order valence-electron chi connectivity index (χ1n) is 10.9. The quantitative estimate of drug-likeness (QED) is 0.515. The fourth-order valence-electron chi connectivity index (χ4n) is 4.15. The highest BCUT2D eigenvalue weighted by atomic mass is 32.1. The van der Waals surface area contributed by atoms with Crippen molar-refractivity contribution in [1.29, 1.82) is 0 Å². The molecule has 0 aliphatic carbocycles. The van der Waals surface area contributed by atoms with Gasteiger partial charge in [0.05, 0.1) is 35.7 Å². The van der Waals surface area contributed by atoms with Crippen molar-refractivity contribution in [2.45, 2.75) is 31.8 Å². The number of nitrogens with zero attached hydrogens (tertiary/aromatic N) is 3. The minimum Gasteiger partial charge on any atom is -0.497 e. The van der Waals surface area contributed by atoms with Crippen molar-refractivity contribution >= 4 is 50.1 Å². The topological polar surface area (TPSA) is 89.0 Å². The molecule has 1 aromatic heterocycles. The van der Waals surface area contributed by atoms with Crippen molar-refractivity contribution in [2.24, 2.45) is 0 Å². The van der Waals surface area contributed by atoms with Crippen molar-refractivity contribution < 1.29 is 23.9 Å². The highest BCUT2D eigenvalue weighted by molar-refractivity contribution is 7.22. The molecule has 0 N–H and O–H groups in total. The van der Waals surface area contributed by atoms with Crippen LogP contribution >= 0.6 is 11.3 Å². The average Bonchev–Trinajstić information content (AvgIpc) is 3.57. The zero-order valence-electron chi connectivity index (χ0n) is 18.2. The van der Waals surface area contributed by atoms with Gasteiger partial charge in [-0.25, -0.2) is 4.98 Å². The van der Waals surface area contributed by atoms with Crippen molar-refractivity contribution in [3.05, 3.63) is 48.0 Å². The molecule has 3 amide bonds. The van der Waals surface area contributed by atoms with Crippen LogP contribution in [0.25, 0.3) is 10.2 Å². The van der Waals surface area contributed by atoms with Gasteiger partial charge in [-0.15, -0.1) is 0 Å². The van der Waals surface area contributed by atoms with Crippen LogP contribution in [0.4, 0.5) is 10.8 Å². The van der Waals surface area contributed by atoms with Gasteiger partial charge in [-0.1, -0.05) is 11.3 Å². The van der Waals surface area contributed by atoms with Gasteiger partial charge in [-0.2, -0.15) is 0 Å². The van der Waals surface area contributed by atoms with E-state index in [9.17, 15) is 14.4 Å². The third kappa shape index (κ3) is 4.21. The lowest BCUT2D eigenvalue weighted by Gasteiger charge is -2.23. The number of hydrogen-bond acceptors (Lipinski definition) is 7. The summed E-state index contributed by atoms with van der Waals surface area (Å²) < 4.78 is 12.0. The second kappa shape index (κ2) is 8.92. The Labute approximate surface area is 194 Å². The molecule has 2 aliphatic rings. The highest BCUT2D eigenvalue weighted by Gasteiger charge is 2.31. The van der Waals surface area contributed by atoms with Crippen molar-refractivity contribution in [2.75, 3.05) is 30.1 Å². The standard InChI is InChI=1S/C24H23N3O5S/c1-31-17-8-9-20-19(13-17)25-24(33-20)26(14-18-3-2-12-32-18)23(30)15-4-6-16(7-5-15)27-21(28)10-11-22(27)29/h4-9,13,18H,2-3,10-12,14H2,1H3. The predicted molar refractivity (Wildman–Crippen MR) is 125 cm³/mol. The second-order valence-corrected chi connectivity index (χ2v) is 9.06. The zero-order valence-corrected chi connectivity index (χ0v) is 19.0. The summed E-state index contributed by atoms with van der Waals surface area (Å²) in [6, 6.07) is 12.2. The normalized spacial score (nSPS) is 18.3. The molecule has 170 valence electrons. The molecular formula is C24H23N3O5S. The van der Waals surface area contributed by atoms with E-state index < -0.39 is 0 Å². The maximum Gasteiger partial charge on any atom is 0.260 e. The Morgan fingerprint density at radius 2 is 1.94 bits per heavy atom. The maximum absolute atomic E-state index is 13.6. The molecule has 2 aliphatic heterocycles. The second-order valence-electron chi connectivity index (χ2n) is 8.05. The number of aromatic nitrogens is 1. The number of ether oxygens (including phenoxy) is 2. The summed E-state index contributed by atoms with van der Waals surface area (Å²) in [6.07, 6.45) is 2.25. The minimum absolute atomic E-state index is 0.0467. The van der Waals surface area contributed by atoms with E-state index in [-0.39, 0.29) is 36.7 Å². The van der Waals surface area contributed by atoms with Crippen LogP contribution in [0.2, 0.25) is 0 Å². The van der Waals surface area contributed by atoms with Gasteiger partial charge in [0, 0.05) is 31.1 Å². The van der Waals surface area contributed by atoms with Crippen molar-refractivity contribution in [3.8, 4) is 5.75 Å². The lowest BCUT2D eigenvalue weighted by atomic mass is 10.1. The van der Waals surface area contributed by atoms with Gasteiger partial charge in [0.25, 0.3) is 5.91 Å². The van der Waals surface area contributed by atoms with Crippen LogP contribution in [-0.4, -0.2) is 49.1 Å². The largest absolute Gasteiger partial charge is 0.497 e. The number of imide groups is 1. The lowest BCUT2D eigenvalue weighted by molar-refractivity contribution is -0.121. The highest BCUT2D eigenvalue weighted by Crippen LogP contribution is 2.33. The summed E-state index contributed by atoms with van der Waals surface area (Å²) in [6.45, 7) is 1.09. The van der Waals surface area contributed by atoms with Gasteiger partial charge in [0.15, 0.2) is 5.13 Å². The number of fused-ring (bicyclic) bond motifs is 1. The van der Waals surface area contributed by atoms with E-state index in [1.54, 1.807) is 36.3 Å². The van der Waals surface area contributed by atoms with Crippen LogP contribution in [0.3, 0.4) is 0 Å². The van der Waals surface area contributed by atoms with E-state index in [0.29, 0.717) is 35.3 Å². The van der Waals surface area contributed by atoms with Gasteiger partial charge < -0.3 is 9.47 Å². The number of anilines is 2. The molecule has 0 saturated carbocycles. The first-order chi connectivity index (χ1) is 16.0. The molecule has 9 heteroatoms. The number of benzene rings is 2. The summed E-state index contributed by atoms with van der Waals surface area (Å²) in [5.74, 6) is 0.0630. The Bertz CT molecular complexity index is 1200. The van der Waals surface area contributed by atoms with Gasteiger partial charge in [0.1, 0.15) is 5.75 Å².